The molecule has 2 N–H and O–H groups in total. The van der Waals surface area contributed by atoms with Crippen LogP contribution in [-0.4, -0.2) is 72.6 Å². The third kappa shape index (κ3) is 5.23. The van der Waals surface area contributed by atoms with Crippen molar-refractivity contribution in [1.82, 2.24) is 14.3 Å². The molecular formula is C23H24N6O3S. The molecule has 1 unspecified atom stereocenters. The Balaban J connectivity index is 1.17. The van der Waals surface area contributed by atoms with Crippen LogP contribution in [-0.2, 0) is 14.3 Å². The van der Waals surface area contributed by atoms with Gasteiger partial charge < -0.3 is 20.1 Å². The average molecular weight is 465 g/mol. The van der Waals surface area contributed by atoms with Crippen molar-refractivity contribution in [3.63, 3.8) is 0 Å². The summed E-state index contributed by atoms with van der Waals surface area (Å²) >= 11 is 1.53. The molecule has 2 aliphatic heterocycles. The van der Waals surface area contributed by atoms with E-state index >= 15 is 0 Å². The smallest absolute Gasteiger partial charge is 0.211 e. The van der Waals surface area contributed by atoms with Gasteiger partial charge in [-0.25, -0.2) is 9.98 Å². The number of aromatic nitrogens is 2. The fourth-order valence-electron chi connectivity index (χ4n) is 3.68. The number of carbonyl (C=O) groups excluding carboxylic acids is 1. The molecule has 10 heteroatoms. The SMILES string of the molecule is O=CNc1ccc(C#Cc2cn3c4c(sc3n2)NC(OCCCN2CCOCC2)C=N4)cc1. The molecule has 0 radical (unpaired) electrons. The number of hydrogen-bond donors (Lipinski definition) is 2. The lowest BCUT2D eigenvalue weighted by Crippen LogP contribution is -2.37. The summed E-state index contributed by atoms with van der Waals surface area (Å²) < 4.78 is 13.3. The third-order valence-electron chi connectivity index (χ3n) is 5.37. The minimum Gasteiger partial charge on any atom is -0.379 e. The molecule has 1 atom stereocenters. The zero-order chi connectivity index (χ0) is 22.5. The maximum Gasteiger partial charge on any atom is 0.211 e. The quantitative estimate of drug-likeness (QED) is 0.317. The van der Waals surface area contributed by atoms with Crippen molar-refractivity contribution in [2.75, 3.05) is 50.1 Å². The van der Waals surface area contributed by atoms with Crippen LogP contribution in [0.3, 0.4) is 0 Å². The monoisotopic (exact) mass is 464 g/mol. The highest BCUT2D eigenvalue weighted by Gasteiger charge is 2.21. The molecule has 1 amide bonds. The number of rotatable bonds is 7. The van der Waals surface area contributed by atoms with Crippen molar-refractivity contribution in [3.05, 3.63) is 41.7 Å². The standard InChI is InChI=1S/C23H24N6O3S/c30-16-25-18-5-2-17(3-6-18)4-7-19-15-29-21-22(33-23(29)26-19)27-20(14-24-21)32-11-1-8-28-9-12-31-13-10-28/h2-3,5-6,14-16,20,27H,1,8-13H2,(H,25,30). The number of ether oxygens (including phenoxy) is 2. The topological polar surface area (TPSA) is 92.5 Å². The van der Waals surface area contributed by atoms with Crippen molar-refractivity contribution < 1.29 is 14.3 Å². The maximum absolute atomic E-state index is 10.5. The fourth-order valence-corrected chi connectivity index (χ4v) is 4.66. The van der Waals surface area contributed by atoms with Gasteiger partial charge >= 0.3 is 0 Å². The first kappa shape index (κ1) is 21.6. The summed E-state index contributed by atoms with van der Waals surface area (Å²) in [5.41, 5.74) is 2.25. The van der Waals surface area contributed by atoms with Crippen LogP contribution in [0.1, 0.15) is 17.7 Å². The van der Waals surface area contributed by atoms with Gasteiger partial charge in [0.05, 0.1) is 26.0 Å². The van der Waals surface area contributed by atoms with Gasteiger partial charge in [0.25, 0.3) is 0 Å². The highest BCUT2D eigenvalue weighted by Crippen LogP contribution is 2.37. The summed E-state index contributed by atoms with van der Waals surface area (Å²) in [6, 6.07) is 7.33. The molecule has 4 heterocycles. The summed E-state index contributed by atoms with van der Waals surface area (Å²) in [4.78, 5) is 22.9. The van der Waals surface area contributed by atoms with Gasteiger partial charge in [-0.05, 0) is 36.6 Å². The Morgan fingerprint density at radius 2 is 2.12 bits per heavy atom. The van der Waals surface area contributed by atoms with E-state index in [1.54, 1.807) is 6.21 Å². The van der Waals surface area contributed by atoms with Crippen LogP contribution in [0.15, 0.2) is 35.5 Å². The van der Waals surface area contributed by atoms with Crippen LogP contribution >= 0.6 is 11.3 Å². The normalized spacial score (nSPS) is 17.8. The van der Waals surface area contributed by atoms with Crippen molar-refractivity contribution in [3.8, 4) is 11.8 Å². The van der Waals surface area contributed by atoms with Crippen LogP contribution in [0.5, 0.6) is 0 Å². The number of nitrogens with zero attached hydrogens (tertiary/aromatic N) is 4. The van der Waals surface area contributed by atoms with Gasteiger partial charge in [-0.3, -0.25) is 14.1 Å². The zero-order valence-electron chi connectivity index (χ0n) is 18.0. The minimum absolute atomic E-state index is 0.235. The molecule has 1 fully saturated rings. The maximum atomic E-state index is 10.5. The van der Waals surface area contributed by atoms with E-state index in [1.807, 2.05) is 34.9 Å². The summed E-state index contributed by atoms with van der Waals surface area (Å²) in [7, 11) is 0. The number of morpholine rings is 1. The van der Waals surface area contributed by atoms with Crippen molar-refractivity contribution in [1.29, 1.82) is 0 Å². The van der Waals surface area contributed by atoms with E-state index < -0.39 is 0 Å². The number of anilines is 2. The van der Waals surface area contributed by atoms with Gasteiger partial charge in [-0.2, -0.15) is 0 Å². The van der Waals surface area contributed by atoms with Crippen LogP contribution in [0.4, 0.5) is 16.5 Å². The van der Waals surface area contributed by atoms with Crippen molar-refractivity contribution >= 4 is 45.4 Å². The van der Waals surface area contributed by atoms with E-state index in [1.165, 1.54) is 11.3 Å². The largest absolute Gasteiger partial charge is 0.379 e. The molecule has 33 heavy (non-hydrogen) atoms. The first-order valence-electron chi connectivity index (χ1n) is 10.8. The van der Waals surface area contributed by atoms with E-state index in [9.17, 15) is 4.79 Å². The van der Waals surface area contributed by atoms with Gasteiger partial charge in [0.15, 0.2) is 17.0 Å². The van der Waals surface area contributed by atoms with Crippen LogP contribution < -0.4 is 10.6 Å². The molecule has 0 aliphatic carbocycles. The van der Waals surface area contributed by atoms with Crippen molar-refractivity contribution in [2.45, 2.75) is 12.6 Å². The molecule has 0 saturated carbocycles. The molecular weight excluding hydrogens is 440 g/mol. The van der Waals surface area contributed by atoms with Gasteiger partial charge in [-0.1, -0.05) is 17.3 Å². The Kier molecular flexibility index (Phi) is 6.64. The van der Waals surface area contributed by atoms with E-state index in [0.29, 0.717) is 18.7 Å². The second-order valence-electron chi connectivity index (χ2n) is 7.64. The Hall–Kier alpha value is -3.23. The lowest BCUT2D eigenvalue weighted by Gasteiger charge is -2.26. The number of fused-ring (bicyclic) bond motifs is 3. The molecule has 2 aromatic heterocycles. The van der Waals surface area contributed by atoms with E-state index in [0.717, 1.165) is 66.3 Å². The number of benzene rings is 1. The molecule has 0 spiro atoms. The molecule has 9 nitrogen and oxygen atoms in total. The number of hydrogen-bond acceptors (Lipinski definition) is 8. The molecule has 170 valence electrons. The number of imidazole rings is 1. The van der Waals surface area contributed by atoms with Gasteiger partial charge in [0, 0.05) is 37.1 Å². The van der Waals surface area contributed by atoms with Gasteiger partial charge in [0.2, 0.25) is 6.41 Å². The van der Waals surface area contributed by atoms with Gasteiger partial charge in [-0.15, -0.1) is 0 Å². The summed E-state index contributed by atoms with van der Waals surface area (Å²) in [6.45, 7) is 5.33. The Labute approximate surface area is 195 Å². The zero-order valence-corrected chi connectivity index (χ0v) is 18.8. The second-order valence-corrected chi connectivity index (χ2v) is 8.62. The predicted molar refractivity (Wildman–Crippen MR) is 129 cm³/mol. The number of amides is 1. The molecule has 3 aromatic rings. The summed E-state index contributed by atoms with van der Waals surface area (Å²) in [5.74, 6) is 7.00. The third-order valence-corrected chi connectivity index (χ3v) is 6.34. The average Bonchev–Trinajstić information content (AvgIpc) is 3.39. The van der Waals surface area contributed by atoms with E-state index in [2.05, 4.69) is 37.4 Å². The Morgan fingerprint density at radius 3 is 2.94 bits per heavy atom. The molecule has 5 rings (SSSR count). The lowest BCUT2D eigenvalue weighted by atomic mass is 10.2. The fraction of sp³-hybridized carbons (Fsp3) is 0.348. The Morgan fingerprint density at radius 1 is 1.27 bits per heavy atom. The predicted octanol–water partition coefficient (Wildman–Crippen LogP) is 2.56. The summed E-state index contributed by atoms with van der Waals surface area (Å²) in [5, 5.41) is 6.94. The Bertz CT molecular complexity index is 1200. The van der Waals surface area contributed by atoms with Crippen molar-refractivity contribution in [2.24, 2.45) is 4.99 Å². The lowest BCUT2D eigenvalue weighted by molar-refractivity contribution is -0.105. The molecule has 1 aromatic carbocycles. The highest BCUT2D eigenvalue weighted by molar-refractivity contribution is 7.21. The second kappa shape index (κ2) is 10.1. The summed E-state index contributed by atoms with van der Waals surface area (Å²) in [6.07, 6.45) is 5.08. The van der Waals surface area contributed by atoms with Crippen LogP contribution in [0.25, 0.3) is 4.96 Å². The highest BCUT2D eigenvalue weighted by atomic mass is 32.1. The number of carbonyl (C=O) groups is 1. The molecule has 0 bridgehead atoms. The van der Waals surface area contributed by atoms with Gasteiger partial charge in [0.1, 0.15) is 10.7 Å². The number of thiazole rings is 1. The minimum atomic E-state index is -0.235. The van der Waals surface area contributed by atoms with Crippen LogP contribution in [0.2, 0.25) is 0 Å². The number of nitrogens with one attached hydrogen (secondary N) is 2. The van der Waals surface area contributed by atoms with E-state index in [-0.39, 0.29) is 6.23 Å². The first-order valence-corrected chi connectivity index (χ1v) is 11.7. The van der Waals surface area contributed by atoms with Crippen LogP contribution in [0, 0.1) is 11.8 Å². The van der Waals surface area contributed by atoms with E-state index in [4.69, 9.17) is 9.47 Å². The molecule has 2 aliphatic rings. The first-order chi connectivity index (χ1) is 16.3. The number of aliphatic imine (C=N–C) groups is 1. The molecule has 1 saturated heterocycles.